The maximum Gasteiger partial charge on any atom is 0.120 e. The first-order chi connectivity index (χ1) is 7.95. The van der Waals surface area contributed by atoms with Crippen LogP contribution in [0.4, 0.5) is 0 Å². The Balaban J connectivity index is 2.35. The molecule has 94 valence electrons. The lowest BCUT2D eigenvalue weighted by Crippen LogP contribution is -2.18. The Labute approximate surface area is 104 Å². The highest BCUT2D eigenvalue weighted by Crippen LogP contribution is 2.43. The topological polar surface area (TPSA) is 46.2 Å². The summed E-state index contributed by atoms with van der Waals surface area (Å²) >= 11 is 0. The first kappa shape index (κ1) is 12.4. The van der Waals surface area contributed by atoms with Gasteiger partial charge in [-0.05, 0) is 48.3 Å². The van der Waals surface area contributed by atoms with Crippen LogP contribution in [0.5, 0.6) is 5.75 Å². The number of aromatic hydroxyl groups is 1. The molecule has 0 aromatic heterocycles. The summed E-state index contributed by atoms with van der Waals surface area (Å²) < 4.78 is 0. The largest absolute Gasteiger partial charge is 0.508 e. The molecular formula is C15H23NO. The van der Waals surface area contributed by atoms with Crippen molar-refractivity contribution in [3.8, 4) is 5.75 Å². The van der Waals surface area contributed by atoms with Crippen LogP contribution in [-0.2, 0) is 5.41 Å². The molecule has 2 nitrogen and oxygen atoms in total. The second-order valence-corrected chi connectivity index (χ2v) is 5.87. The lowest BCUT2D eigenvalue weighted by Gasteiger charge is -2.25. The van der Waals surface area contributed by atoms with Crippen LogP contribution in [0.25, 0.3) is 0 Å². The maximum atomic E-state index is 9.94. The first-order valence-electron chi connectivity index (χ1n) is 6.54. The predicted octanol–water partition coefficient (Wildman–Crippen LogP) is 3.49. The fourth-order valence-corrected chi connectivity index (χ4v) is 2.16. The molecule has 1 fully saturated rings. The van der Waals surface area contributed by atoms with E-state index in [1.54, 1.807) is 6.07 Å². The number of nitrogens with two attached hydrogens (primary N) is 1. The van der Waals surface area contributed by atoms with Crippen molar-refractivity contribution in [3.05, 3.63) is 29.3 Å². The van der Waals surface area contributed by atoms with E-state index in [1.165, 1.54) is 18.4 Å². The number of hydrogen-bond acceptors (Lipinski definition) is 2. The molecule has 0 amide bonds. The monoisotopic (exact) mass is 233 g/mol. The van der Waals surface area contributed by atoms with Crippen molar-refractivity contribution >= 4 is 0 Å². The minimum absolute atomic E-state index is 0.00241. The molecule has 0 aliphatic heterocycles. The average Bonchev–Trinajstić information content (AvgIpc) is 3.12. The van der Waals surface area contributed by atoms with Crippen molar-refractivity contribution in [2.75, 3.05) is 0 Å². The van der Waals surface area contributed by atoms with Gasteiger partial charge in [-0.2, -0.15) is 0 Å². The zero-order chi connectivity index (χ0) is 12.6. The van der Waals surface area contributed by atoms with Gasteiger partial charge < -0.3 is 10.8 Å². The summed E-state index contributed by atoms with van der Waals surface area (Å²) in [5.74, 6) is 0.918. The Hall–Kier alpha value is -1.02. The number of benzene rings is 1. The number of rotatable bonds is 4. The van der Waals surface area contributed by atoms with E-state index in [0.29, 0.717) is 11.7 Å². The minimum Gasteiger partial charge on any atom is -0.508 e. The highest BCUT2D eigenvalue weighted by atomic mass is 16.3. The highest BCUT2D eigenvalue weighted by Gasteiger charge is 2.31. The molecule has 0 radical (unpaired) electrons. The van der Waals surface area contributed by atoms with Gasteiger partial charge in [0.25, 0.3) is 0 Å². The summed E-state index contributed by atoms with van der Waals surface area (Å²) in [5, 5.41) is 9.94. The quantitative estimate of drug-likeness (QED) is 0.836. The Morgan fingerprint density at radius 3 is 2.59 bits per heavy atom. The Morgan fingerprint density at radius 2 is 2.06 bits per heavy atom. The summed E-state index contributed by atoms with van der Waals surface area (Å²) in [5.41, 5.74) is 8.53. The van der Waals surface area contributed by atoms with Crippen LogP contribution in [0.2, 0.25) is 0 Å². The molecule has 0 spiro atoms. The Kier molecular flexibility index (Phi) is 3.17. The lowest BCUT2D eigenvalue weighted by atomic mass is 9.81. The molecule has 1 aromatic rings. The molecule has 1 aliphatic carbocycles. The molecule has 1 unspecified atom stereocenters. The third-order valence-corrected chi connectivity index (χ3v) is 4.18. The van der Waals surface area contributed by atoms with E-state index in [9.17, 15) is 5.11 Å². The third kappa shape index (κ3) is 2.47. The van der Waals surface area contributed by atoms with Crippen LogP contribution in [0.15, 0.2) is 18.2 Å². The normalized spacial score (nSPS) is 18.1. The van der Waals surface area contributed by atoms with E-state index < -0.39 is 0 Å². The summed E-state index contributed by atoms with van der Waals surface area (Å²) in [4.78, 5) is 0. The Bertz CT molecular complexity index is 407. The van der Waals surface area contributed by atoms with Gasteiger partial charge in [0.15, 0.2) is 0 Å². The van der Waals surface area contributed by atoms with Crippen LogP contribution in [-0.4, -0.2) is 5.11 Å². The van der Waals surface area contributed by atoms with Gasteiger partial charge in [0.1, 0.15) is 5.75 Å². The molecule has 3 N–H and O–H groups in total. The summed E-state index contributed by atoms with van der Waals surface area (Å²) in [7, 11) is 0. The first-order valence-corrected chi connectivity index (χ1v) is 6.54. The number of phenols is 1. The van der Waals surface area contributed by atoms with Gasteiger partial charge in [0, 0.05) is 11.6 Å². The van der Waals surface area contributed by atoms with E-state index in [0.717, 1.165) is 12.0 Å². The van der Waals surface area contributed by atoms with Crippen LogP contribution in [0, 0.1) is 5.92 Å². The molecule has 2 heteroatoms. The second-order valence-electron chi connectivity index (χ2n) is 5.87. The molecule has 0 saturated heterocycles. The van der Waals surface area contributed by atoms with Gasteiger partial charge in [-0.15, -0.1) is 0 Å². The zero-order valence-corrected chi connectivity index (χ0v) is 11.0. The second kappa shape index (κ2) is 4.34. The van der Waals surface area contributed by atoms with Gasteiger partial charge in [0.05, 0.1) is 0 Å². The average molecular weight is 233 g/mol. The highest BCUT2D eigenvalue weighted by molar-refractivity contribution is 5.41. The van der Waals surface area contributed by atoms with E-state index in [-0.39, 0.29) is 11.5 Å². The third-order valence-electron chi connectivity index (χ3n) is 4.18. The van der Waals surface area contributed by atoms with E-state index >= 15 is 0 Å². The fourth-order valence-electron chi connectivity index (χ4n) is 2.16. The predicted molar refractivity (Wildman–Crippen MR) is 71.1 cm³/mol. The molecule has 1 saturated carbocycles. The van der Waals surface area contributed by atoms with E-state index in [4.69, 9.17) is 5.73 Å². The van der Waals surface area contributed by atoms with Crippen LogP contribution in [0.1, 0.15) is 57.2 Å². The molecule has 1 aliphatic rings. The van der Waals surface area contributed by atoms with Gasteiger partial charge >= 0.3 is 0 Å². The minimum atomic E-state index is 0.00241. The summed E-state index contributed by atoms with van der Waals surface area (Å²) in [6.07, 6.45) is 3.47. The SMILES string of the molecule is CCC(C)(C)c1ccc(O)c(C(N)C2CC2)c1. The maximum absolute atomic E-state index is 9.94. The lowest BCUT2D eigenvalue weighted by molar-refractivity contribution is 0.452. The van der Waals surface area contributed by atoms with Crippen LogP contribution >= 0.6 is 0 Å². The zero-order valence-electron chi connectivity index (χ0n) is 11.0. The molecule has 2 rings (SSSR count). The van der Waals surface area contributed by atoms with Crippen molar-refractivity contribution in [1.82, 2.24) is 0 Å². The van der Waals surface area contributed by atoms with Gasteiger partial charge in [-0.1, -0.05) is 26.8 Å². The molecule has 1 aromatic carbocycles. The van der Waals surface area contributed by atoms with Gasteiger partial charge in [-0.25, -0.2) is 0 Å². The van der Waals surface area contributed by atoms with Crippen molar-refractivity contribution < 1.29 is 5.11 Å². The smallest absolute Gasteiger partial charge is 0.120 e. The van der Waals surface area contributed by atoms with Gasteiger partial charge in [0.2, 0.25) is 0 Å². The van der Waals surface area contributed by atoms with E-state index in [2.05, 4.69) is 26.8 Å². The summed E-state index contributed by atoms with van der Waals surface area (Å²) in [6.45, 7) is 6.64. The molecule has 0 heterocycles. The molecule has 17 heavy (non-hydrogen) atoms. The molecule has 0 bridgehead atoms. The standard InChI is InChI=1S/C15H23NO/c1-4-15(2,3)11-7-8-13(17)12(9-11)14(16)10-5-6-10/h7-10,14,17H,4-6,16H2,1-3H3. The molecular weight excluding hydrogens is 210 g/mol. The van der Waals surface area contributed by atoms with Crippen molar-refractivity contribution in [2.45, 2.75) is 51.5 Å². The van der Waals surface area contributed by atoms with E-state index in [1.807, 2.05) is 6.07 Å². The summed E-state index contributed by atoms with van der Waals surface area (Å²) in [6, 6.07) is 5.91. The van der Waals surface area contributed by atoms with Crippen LogP contribution < -0.4 is 5.73 Å². The number of hydrogen-bond donors (Lipinski definition) is 2. The van der Waals surface area contributed by atoms with Crippen LogP contribution in [0.3, 0.4) is 0 Å². The molecule has 1 atom stereocenters. The van der Waals surface area contributed by atoms with Crippen molar-refractivity contribution in [2.24, 2.45) is 11.7 Å². The van der Waals surface area contributed by atoms with Gasteiger partial charge in [-0.3, -0.25) is 0 Å². The van der Waals surface area contributed by atoms with Crippen molar-refractivity contribution in [1.29, 1.82) is 0 Å². The Morgan fingerprint density at radius 1 is 1.41 bits per heavy atom. The number of phenolic OH excluding ortho intramolecular Hbond substituents is 1. The van der Waals surface area contributed by atoms with Crippen molar-refractivity contribution in [3.63, 3.8) is 0 Å². The fraction of sp³-hybridized carbons (Fsp3) is 0.600.